The van der Waals surface area contributed by atoms with Crippen LogP contribution in [0.25, 0.3) is 0 Å². The van der Waals surface area contributed by atoms with Crippen LogP contribution in [0.2, 0.25) is 0 Å². The fourth-order valence-corrected chi connectivity index (χ4v) is 3.12. The summed E-state index contributed by atoms with van der Waals surface area (Å²) in [5.74, 6) is 1.30. The Morgan fingerprint density at radius 3 is 2.73 bits per heavy atom. The SMILES string of the molecule is CC1CCC(C)N(C2CCCC(=O)C2)C1. The Balaban J connectivity index is 1.97. The first kappa shape index (κ1) is 11.1. The fourth-order valence-electron chi connectivity index (χ4n) is 3.12. The summed E-state index contributed by atoms with van der Waals surface area (Å²) in [5.41, 5.74) is 0. The number of carbonyl (C=O) groups is 1. The summed E-state index contributed by atoms with van der Waals surface area (Å²) in [6, 6.07) is 1.25. The number of likely N-dealkylation sites (tertiary alicyclic amines) is 1. The monoisotopic (exact) mass is 209 g/mol. The van der Waals surface area contributed by atoms with Gasteiger partial charge in [-0.2, -0.15) is 0 Å². The highest BCUT2D eigenvalue weighted by atomic mass is 16.1. The molecule has 86 valence electrons. The minimum atomic E-state index is 0.483. The topological polar surface area (TPSA) is 20.3 Å². The van der Waals surface area contributed by atoms with E-state index in [1.807, 2.05) is 0 Å². The zero-order valence-electron chi connectivity index (χ0n) is 10.0. The maximum absolute atomic E-state index is 11.5. The van der Waals surface area contributed by atoms with Crippen molar-refractivity contribution in [3.05, 3.63) is 0 Å². The van der Waals surface area contributed by atoms with Crippen LogP contribution in [0.15, 0.2) is 0 Å². The van der Waals surface area contributed by atoms with Gasteiger partial charge in [0.2, 0.25) is 0 Å². The molecule has 2 rings (SSSR count). The summed E-state index contributed by atoms with van der Waals surface area (Å²) >= 11 is 0. The average Bonchev–Trinajstić information content (AvgIpc) is 2.22. The quantitative estimate of drug-likeness (QED) is 0.661. The molecule has 0 aromatic rings. The minimum Gasteiger partial charge on any atom is -0.300 e. The summed E-state index contributed by atoms with van der Waals surface area (Å²) in [4.78, 5) is 14.1. The molecule has 2 fully saturated rings. The highest BCUT2D eigenvalue weighted by Crippen LogP contribution is 2.29. The van der Waals surface area contributed by atoms with E-state index >= 15 is 0 Å². The van der Waals surface area contributed by atoms with Gasteiger partial charge in [-0.05, 0) is 38.5 Å². The van der Waals surface area contributed by atoms with Crippen molar-refractivity contribution in [1.29, 1.82) is 0 Å². The molecular weight excluding hydrogens is 186 g/mol. The van der Waals surface area contributed by atoms with Crippen LogP contribution < -0.4 is 0 Å². The molecule has 1 saturated carbocycles. The maximum atomic E-state index is 11.5. The molecular formula is C13H23NO. The van der Waals surface area contributed by atoms with E-state index in [2.05, 4.69) is 18.7 Å². The highest BCUT2D eigenvalue weighted by Gasteiger charge is 2.31. The Morgan fingerprint density at radius 1 is 1.20 bits per heavy atom. The highest BCUT2D eigenvalue weighted by molar-refractivity contribution is 5.79. The lowest BCUT2D eigenvalue weighted by atomic mass is 9.87. The number of carbonyl (C=O) groups excluding carboxylic acids is 1. The molecule has 3 unspecified atom stereocenters. The lowest BCUT2D eigenvalue weighted by Crippen LogP contribution is -2.49. The van der Waals surface area contributed by atoms with Gasteiger partial charge in [0.1, 0.15) is 5.78 Å². The van der Waals surface area contributed by atoms with Crippen molar-refractivity contribution < 1.29 is 4.79 Å². The molecule has 15 heavy (non-hydrogen) atoms. The van der Waals surface area contributed by atoms with Crippen LogP contribution in [-0.2, 0) is 4.79 Å². The summed E-state index contributed by atoms with van der Waals surface area (Å²) in [6.07, 6.45) is 6.67. The van der Waals surface area contributed by atoms with E-state index in [9.17, 15) is 4.79 Å². The van der Waals surface area contributed by atoms with Crippen LogP contribution in [0.3, 0.4) is 0 Å². The van der Waals surface area contributed by atoms with Gasteiger partial charge >= 0.3 is 0 Å². The van der Waals surface area contributed by atoms with E-state index in [1.54, 1.807) is 0 Å². The third kappa shape index (κ3) is 2.60. The first-order valence-corrected chi connectivity index (χ1v) is 6.44. The molecule has 1 aliphatic carbocycles. The van der Waals surface area contributed by atoms with E-state index in [4.69, 9.17) is 0 Å². The van der Waals surface area contributed by atoms with Gasteiger partial charge in [0.25, 0.3) is 0 Å². The summed E-state index contributed by atoms with van der Waals surface area (Å²) < 4.78 is 0. The first-order chi connectivity index (χ1) is 7.16. The number of hydrogen-bond donors (Lipinski definition) is 0. The second-order valence-electron chi connectivity index (χ2n) is 5.52. The Bertz CT molecular complexity index is 239. The maximum Gasteiger partial charge on any atom is 0.134 e. The van der Waals surface area contributed by atoms with E-state index in [0.717, 1.165) is 25.2 Å². The molecule has 0 radical (unpaired) electrons. The second kappa shape index (κ2) is 4.65. The molecule has 3 atom stereocenters. The Morgan fingerprint density at radius 2 is 2.00 bits per heavy atom. The van der Waals surface area contributed by atoms with Gasteiger partial charge in [-0.25, -0.2) is 0 Å². The molecule has 1 heterocycles. The van der Waals surface area contributed by atoms with Crippen molar-refractivity contribution in [3.63, 3.8) is 0 Å². The fraction of sp³-hybridized carbons (Fsp3) is 0.923. The minimum absolute atomic E-state index is 0.483. The Kier molecular flexibility index (Phi) is 3.45. The van der Waals surface area contributed by atoms with E-state index < -0.39 is 0 Å². The van der Waals surface area contributed by atoms with Crippen molar-refractivity contribution in [3.8, 4) is 0 Å². The normalized spacial score (nSPS) is 39.3. The molecule has 0 N–H and O–H groups in total. The molecule has 0 spiro atoms. The summed E-state index contributed by atoms with van der Waals surface area (Å²) in [5, 5.41) is 0. The Labute approximate surface area is 93.0 Å². The van der Waals surface area contributed by atoms with E-state index in [1.165, 1.54) is 25.8 Å². The van der Waals surface area contributed by atoms with Gasteiger partial charge in [-0.3, -0.25) is 9.69 Å². The van der Waals surface area contributed by atoms with Crippen molar-refractivity contribution in [2.75, 3.05) is 6.54 Å². The molecule has 1 saturated heterocycles. The zero-order valence-corrected chi connectivity index (χ0v) is 10.0. The number of piperidine rings is 1. The standard InChI is InChI=1S/C13H23NO/c1-10-6-7-11(2)14(9-10)12-4-3-5-13(15)8-12/h10-12H,3-9H2,1-2H3. The lowest BCUT2D eigenvalue weighted by Gasteiger charge is -2.43. The zero-order chi connectivity index (χ0) is 10.8. The van der Waals surface area contributed by atoms with Crippen LogP contribution in [0.1, 0.15) is 52.4 Å². The second-order valence-corrected chi connectivity index (χ2v) is 5.52. The largest absolute Gasteiger partial charge is 0.300 e. The van der Waals surface area contributed by atoms with Crippen molar-refractivity contribution >= 4 is 5.78 Å². The van der Waals surface area contributed by atoms with Crippen LogP contribution in [0.5, 0.6) is 0 Å². The van der Waals surface area contributed by atoms with Crippen LogP contribution in [0.4, 0.5) is 0 Å². The number of Topliss-reactive ketones (excluding diaryl/α,β-unsaturated/α-hetero) is 1. The van der Waals surface area contributed by atoms with E-state index in [0.29, 0.717) is 17.9 Å². The average molecular weight is 209 g/mol. The van der Waals surface area contributed by atoms with Gasteiger partial charge in [0, 0.05) is 31.5 Å². The van der Waals surface area contributed by atoms with Crippen molar-refractivity contribution in [1.82, 2.24) is 4.90 Å². The summed E-state index contributed by atoms with van der Waals surface area (Å²) in [7, 11) is 0. The van der Waals surface area contributed by atoms with Gasteiger partial charge in [0.15, 0.2) is 0 Å². The van der Waals surface area contributed by atoms with Crippen molar-refractivity contribution in [2.45, 2.75) is 64.5 Å². The Hall–Kier alpha value is -0.370. The molecule has 2 nitrogen and oxygen atoms in total. The smallest absolute Gasteiger partial charge is 0.134 e. The third-order valence-corrected chi connectivity index (χ3v) is 4.09. The van der Waals surface area contributed by atoms with Gasteiger partial charge in [-0.15, -0.1) is 0 Å². The van der Waals surface area contributed by atoms with Crippen molar-refractivity contribution in [2.24, 2.45) is 5.92 Å². The number of nitrogens with zero attached hydrogens (tertiary/aromatic N) is 1. The molecule has 0 bridgehead atoms. The van der Waals surface area contributed by atoms with E-state index in [-0.39, 0.29) is 0 Å². The summed E-state index contributed by atoms with van der Waals surface area (Å²) in [6.45, 7) is 5.87. The number of hydrogen-bond acceptors (Lipinski definition) is 2. The van der Waals surface area contributed by atoms with Crippen LogP contribution >= 0.6 is 0 Å². The van der Waals surface area contributed by atoms with Crippen LogP contribution in [0, 0.1) is 5.92 Å². The molecule has 2 heteroatoms. The molecule has 0 aromatic heterocycles. The number of rotatable bonds is 1. The first-order valence-electron chi connectivity index (χ1n) is 6.44. The predicted molar refractivity (Wildman–Crippen MR) is 61.8 cm³/mol. The van der Waals surface area contributed by atoms with Gasteiger partial charge < -0.3 is 0 Å². The van der Waals surface area contributed by atoms with Gasteiger partial charge in [-0.1, -0.05) is 6.92 Å². The van der Waals surface area contributed by atoms with Crippen LogP contribution in [-0.4, -0.2) is 29.3 Å². The molecule has 0 amide bonds. The number of ketones is 1. The molecule has 2 aliphatic rings. The van der Waals surface area contributed by atoms with Gasteiger partial charge in [0.05, 0.1) is 0 Å². The third-order valence-electron chi connectivity index (χ3n) is 4.09. The molecule has 0 aromatic carbocycles. The lowest BCUT2D eigenvalue weighted by molar-refractivity contribution is -0.122. The molecule has 1 aliphatic heterocycles. The predicted octanol–water partition coefficient (Wildman–Crippen LogP) is 2.62.